The molecule has 0 saturated carbocycles. The summed E-state index contributed by atoms with van der Waals surface area (Å²) in [6.45, 7) is 0.780. The Kier molecular flexibility index (Phi) is 4.40. The minimum Gasteiger partial charge on any atom is -0.378 e. The first-order valence-corrected chi connectivity index (χ1v) is 6.38. The van der Waals surface area contributed by atoms with E-state index in [4.69, 9.17) is 16.3 Å². The number of nitrogens with one attached hydrogen (secondary N) is 1. The number of hydrogen-bond donors (Lipinski definition) is 1. The van der Waals surface area contributed by atoms with E-state index < -0.39 is 0 Å². The Morgan fingerprint density at radius 3 is 2.76 bits per heavy atom. The average Bonchev–Trinajstić information content (AvgIpc) is 2.82. The summed E-state index contributed by atoms with van der Waals surface area (Å²) in [5.41, 5.74) is 1.85. The summed E-state index contributed by atoms with van der Waals surface area (Å²) >= 11 is 5.69. The number of ether oxygens (including phenoxy) is 1. The molecule has 1 aliphatic heterocycles. The van der Waals surface area contributed by atoms with E-state index in [-0.39, 0.29) is 12.0 Å². The Hall–Kier alpha value is -1.06. The molecule has 1 amide bonds. The maximum atomic E-state index is 11.7. The molecule has 92 valence electrons. The third-order valence-corrected chi connectivity index (χ3v) is 3.14. The van der Waals surface area contributed by atoms with Crippen molar-refractivity contribution in [2.45, 2.75) is 31.2 Å². The van der Waals surface area contributed by atoms with Crippen molar-refractivity contribution in [1.29, 1.82) is 0 Å². The summed E-state index contributed by atoms with van der Waals surface area (Å²) in [4.78, 5) is 11.7. The van der Waals surface area contributed by atoms with E-state index >= 15 is 0 Å². The van der Waals surface area contributed by atoms with Crippen LogP contribution in [-0.4, -0.2) is 18.6 Å². The maximum absolute atomic E-state index is 11.7. The molecule has 0 bridgehead atoms. The molecule has 0 aliphatic carbocycles. The molecular formula is C13H16ClNO2. The van der Waals surface area contributed by atoms with Gasteiger partial charge in [0.25, 0.3) is 0 Å². The minimum atomic E-state index is 0.00974. The molecule has 17 heavy (non-hydrogen) atoms. The first-order valence-electron chi connectivity index (χ1n) is 5.84. The lowest BCUT2D eigenvalue weighted by molar-refractivity contribution is -0.118. The zero-order chi connectivity index (χ0) is 12.1. The number of benzene rings is 1. The van der Waals surface area contributed by atoms with Gasteiger partial charge in [-0.25, -0.2) is 0 Å². The van der Waals surface area contributed by atoms with Crippen LogP contribution < -0.4 is 5.32 Å². The van der Waals surface area contributed by atoms with Crippen molar-refractivity contribution in [2.24, 2.45) is 0 Å². The maximum Gasteiger partial charge on any atom is 0.226 e. The summed E-state index contributed by atoms with van der Waals surface area (Å²) in [6, 6.07) is 7.56. The largest absolute Gasteiger partial charge is 0.378 e. The highest BCUT2D eigenvalue weighted by molar-refractivity contribution is 6.17. The number of alkyl halides is 1. The standard InChI is InChI=1S/C13H16ClNO2/c14-9-10-3-5-11(6-4-10)15-13(16)8-12-2-1-7-17-12/h3-6,12H,1-2,7-9H2,(H,15,16). The van der Waals surface area contributed by atoms with Gasteiger partial charge in [-0.2, -0.15) is 0 Å². The topological polar surface area (TPSA) is 38.3 Å². The van der Waals surface area contributed by atoms with Crippen molar-refractivity contribution < 1.29 is 9.53 Å². The highest BCUT2D eigenvalue weighted by Crippen LogP contribution is 2.17. The second kappa shape index (κ2) is 6.03. The van der Waals surface area contributed by atoms with Crippen LogP contribution in [0.3, 0.4) is 0 Å². The molecule has 4 heteroatoms. The molecule has 0 radical (unpaired) electrons. The lowest BCUT2D eigenvalue weighted by Crippen LogP contribution is -2.19. The Morgan fingerprint density at radius 2 is 2.18 bits per heavy atom. The zero-order valence-electron chi connectivity index (χ0n) is 9.62. The van der Waals surface area contributed by atoms with Crippen LogP contribution >= 0.6 is 11.6 Å². The molecule has 2 rings (SSSR count). The van der Waals surface area contributed by atoms with Gasteiger partial charge in [0.2, 0.25) is 5.91 Å². The zero-order valence-corrected chi connectivity index (χ0v) is 10.4. The van der Waals surface area contributed by atoms with E-state index in [0.29, 0.717) is 12.3 Å². The van der Waals surface area contributed by atoms with Gasteiger partial charge in [-0.05, 0) is 30.5 Å². The number of carbonyl (C=O) groups is 1. The summed E-state index contributed by atoms with van der Waals surface area (Å²) in [6.07, 6.45) is 2.58. The molecule has 1 fully saturated rings. The van der Waals surface area contributed by atoms with Gasteiger partial charge in [0.15, 0.2) is 0 Å². The summed E-state index contributed by atoms with van der Waals surface area (Å²) in [5, 5.41) is 2.86. The molecule has 1 saturated heterocycles. The van der Waals surface area contributed by atoms with Crippen LogP contribution in [0.5, 0.6) is 0 Å². The molecule has 1 aromatic carbocycles. The van der Waals surface area contributed by atoms with E-state index in [1.54, 1.807) is 0 Å². The summed E-state index contributed by atoms with van der Waals surface area (Å²) in [7, 11) is 0. The van der Waals surface area contributed by atoms with Gasteiger partial charge < -0.3 is 10.1 Å². The van der Waals surface area contributed by atoms with Crippen LogP contribution in [0.4, 0.5) is 5.69 Å². The first-order chi connectivity index (χ1) is 8.28. The van der Waals surface area contributed by atoms with Crippen molar-refractivity contribution in [2.75, 3.05) is 11.9 Å². The third kappa shape index (κ3) is 3.72. The van der Waals surface area contributed by atoms with E-state index in [0.717, 1.165) is 30.7 Å². The summed E-state index contributed by atoms with van der Waals surface area (Å²) < 4.78 is 5.42. The predicted molar refractivity (Wildman–Crippen MR) is 68.2 cm³/mol. The molecule has 1 aliphatic rings. The highest BCUT2D eigenvalue weighted by atomic mass is 35.5. The van der Waals surface area contributed by atoms with Crippen LogP contribution in [0.15, 0.2) is 24.3 Å². The lowest BCUT2D eigenvalue weighted by atomic mass is 10.1. The number of hydrogen-bond acceptors (Lipinski definition) is 2. The second-order valence-corrected chi connectivity index (χ2v) is 4.49. The first kappa shape index (κ1) is 12.4. The van der Waals surface area contributed by atoms with Crippen molar-refractivity contribution >= 4 is 23.2 Å². The Morgan fingerprint density at radius 1 is 1.41 bits per heavy atom. The molecule has 1 aromatic rings. The lowest BCUT2D eigenvalue weighted by Gasteiger charge is -2.10. The molecule has 1 N–H and O–H groups in total. The Balaban J connectivity index is 1.84. The fourth-order valence-electron chi connectivity index (χ4n) is 1.90. The predicted octanol–water partition coefficient (Wildman–Crippen LogP) is 2.93. The number of carbonyl (C=O) groups excluding carboxylic acids is 1. The smallest absolute Gasteiger partial charge is 0.226 e. The van der Waals surface area contributed by atoms with Gasteiger partial charge in [0.1, 0.15) is 0 Å². The van der Waals surface area contributed by atoms with Crippen LogP contribution in [0, 0.1) is 0 Å². The van der Waals surface area contributed by atoms with E-state index in [1.807, 2.05) is 24.3 Å². The number of rotatable bonds is 4. The Labute approximate surface area is 106 Å². The van der Waals surface area contributed by atoms with Crippen LogP contribution in [0.2, 0.25) is 0 Å². The monoisotopic (exact) mass is 253 g/mol. The number of amides is 1. The number of anilines is 1. The van der Waals surface area contributed by atoms with Gasteiger partial charge >= 0.3 is 0 Å². The molecule has 0 spiro atoms. The molecule has 1 unspecified atom stereocenters. The van der Waals surface area contributed by atoms with Gasteiger partial charge in [-0.15, -0.1) is 11.6 Å². The highest BCUT2D eigenvalue weighted by Gasteiger charge is 2.18. The molecule has 0 aromatic heterocycles. The fourth-order valence-corrected chi connectivity index (χ4v) is 2.08. The van der Waals surface area contributed by atoms with Gasteiger partial charge in [0.05, 0.1) is 12.5 Å². The van der Waals surface area contributed by atoms with E-state index in [2.05, 4.69) is 5.32 Å². The SMILES string of the molecule is O=C(CC1CCCO1)Nc1ccc(CCl)cc1. The van der Waals surface area contributed by atoms with E-state index in [1.165, 1.54) is 0 Å². The minimum absolute atomic E-state index is 0.00974. The van der Waals surface area contributed by atoms with Gasteiger partial charge in [-0.3, -0.25) is 4.79 Å². The van der Waals surface area contributed by atoms with E-state index in [9.17, 15) is 4.79 Å². The van der Waals surface area contributed by atoms with Crippen molar-refractivity contribution in [1.82, 2.24) is 0 Å². The fraction of sp³-hybridized carbons (Fsp3) is 0.462. The van der Waals surface area contributed by atoms with Crippen molar-refractivity contribution in [3.8, 4) is 0 Å². The molecular weight excluding hydrogens is 238 g/mol. The van der Waals surface area contributed by atoms with Crippen LogP contribution in [0.25, 0.3) is 0 Å². The van der Waals surface area contributed by atoms with Crippen molar-refractivity contribution in [3.05, 3.63) is 29.8 Å². The van der Waals surface area contributed by atoms with Crippen molar-refractivity contribution in [3.63, 3.8) is 0 Å². The molecule has 1 heterocycles. The van der Waals surface area contributed by atoms with Gasteiger partial charge in [0, 0.05) is 18.2 Å². The molecule has 1 atom stereocenters. The Bertz CT molecular complexity index is 372. The molecule has 3 nitrogen and oxygen atoms in total. The number of halogens is 1. The second-order valence-electron chi connectivity index (χ2n) is 4.22. The normalized spacial score (nSPS) is 19.2. The van der Waals surface area contributed by atoms with Crippen LogP contribution in [0.1, 0.15) is 24.8 Å². The van der Waals surface area contributed by atoms with Gasteiger partial charge in [-0.1, -0.05) is 12.1 Å². The summed E-state index contributed by atoms with van der Waals surface area (Å²) in [5.74, 6) is 0.500. The average molecular weight is 254 g/mol. The quantitative estimate of drug-likeness (QED) is 0.838. The third-order valence-electron chi connectivity index (χ3n) is 2.83. The van der Waals surface area contributed by atoms with Crippen LogP contribution in [-0.2, 0) is 15.4 Å².